The Balaban J connectivity index is 2.11. The molecule has 0 spiro atoms. The van der Waals surface area contributed by atoms with Gasteiger partial charge < -0.3 is 5.32 Å². The van der Waals surface area contributed by atoms with Crippen molar-refractivity contribution in [3.63, 3.8) is 0 Å². The van der Waals surface area contributed by atoms with Crippen molar-refractivity contribution in [2.45, 2.75) is 0 Å². The van der Waals surface area contributed by atoms with Gasteiger partial charge in [0.05, 0.1) is 32.3 Å². The Morgan fingerprint density at radius 2 is 1.57 bits per heavy atom. The third-order valence-electron chi connectivity index (χ3n) is 4.39. The summed E-state index contributed by atoms with van der Waals surface area (Å²) in [6.07, 6.45) is 0. The molecule has 0 saturated heterocycles. The third kappa shape index (κ3) is 3.56. The van der Waals surface area contributed by atoms with Crippen molar-refractivity contribution in [3.8, 4) is 0 Å². The second-order valence-corrected chi connectivity index (χ2v) is 7.56. The lowest BCUT2D eigenvalue weighted by Crippen LogP contribution is -2.08. The Morgan fingerprint density at radius 3 is 2.20 bits per heavy atom. The number of non-ortho nitro benzene ring substituents is 1. The highest BCUT2D eigenvalue weighted by Gasteiger charge is 2.30. The van der Waals surface area contributed by atoms with Gasteiger partial charge in [-0.15, -0.1) is 0 Å². The largest absolute Gasteiger partial charge is 0.347 e. The highest BCUT2D eigenvalue weighted by atomic mass is 35.5. The second kappa shape index (κ2) is 7.56. The van der Waals surface area contributed by atoms with Crippen LogP contribution in [0, 0.1) is 20.2 Å². The molecule has 30 heavy (non-hydrogen) atoms. The number of aliphatic imine (C=N–C) groups is 1. The summed E-state index contributed by atoms with van der Waals surface area (Å²) >= 11 is 18.4. The highest BCUT2D eigenvalue weighted by Crippen LogP contribution is 2.45. The Hall–Kier alpha value is -3.20. The van der Waals surface area contributed by atoms with E-state index in [0.717, 1.165) is 6.07 Å². The normalized spacial score (nSPS) is 12.2. The van der Waals surface area contributed by atoms with Crippen molar-refractivity contribution in [1.82, 2.24) is 0 Å². The van der Waals surface area contributed by atoms with Gasteiger partial charge in [-0.25, -0.2) is 4.99 Å². The van der Waals surface area contributed by atoms with Gasteiger partial charge in [0.2, 0.25) is 0 Å². The van der Waals surface area contributed by atoms with Crippen LogP contribution < -0.4 is 5.32 Å². The highest BCUT2D eigenvalue weighted by molar-refractivity contribution is 6.38. The fourth-order valence-corrected chi connectivity index (χ4v) is 3.75. The van der Waals surface area contributed by atoms with Gasteiger partial charge in [0.25, 0.3) is 11.4 Å². The van der Waals surface area contributed by atoms with E-state index >= 15 is 0 Å². The van der Waals surface area contributed by atoms with Crippen LogP contribution in [0.4, 0.5) is 28.4 Å². The average molecular weight is 464 g/mol. The minimum atomic E-state index is -0.700. The van der Waals surface area contributed by atoms with Crippen LogP contribution in [0.2, 0.25) is 15.1 Å². The third-order valence-corrected chi connectivity index (χ3v) is 5.15. The van der Waals surface area contributed by atoms with Gasteiger partial charge in [0.1, 0.15) is 11.4 Å². The summed E-state index contributed by atoms with van der Waals surface area (Å²) in [6, 6.07) is 11.7. The van der Waals surface area contributed by atoms with E-state index < -0.39 is 21.2 Å². The molecule has 0 radical (unpaired) electrons. The standard InChI is InChI=1S/C19H9Cl3N4O4/c20-10-3-1-9(2-4-10)17-13-7-12(25(27)28)8-16(26(29)30)18(13)23-15-6-11(21)5-14(22)19(15)24-17/h1-8,23H. The van der Waals surface area contributed by atoms with Gasteiger partial charge >= 0.3 is 0 Å². The van der Waals surface area contributed by atoms with Crippen molar-refractivity contribution in [1.29, 1.82) is 0 Å². The molecular formula is C19H9Cl3N4O4. The molecule has 1 aliphatic rings. The number of fused-ring (bicyclic) bond motifs is 2. The predicted molar refractivity (Wildman–Crippen MR) is 116 cm³/mol. The summed E-state index contributed by atoms with van der Waals surface area (Å²) < 4.78 is 0. The number of hydrogen-bond donors (Lipinski definition) is 1. The zero-order valence-electron chi connectivity index (χ0n) is 14.7. The second-order valence-electron chi connectivity index (χ2n) is 6.28. The lowest BCUT2D eigenvalue weighted by molar-refractivity contribution is -0.393. The van der Waals surface area contributed by atoms with Crippen LogP contribution in [0.3, 0.4) is 0 Å². The maximum absolute atomic E-state index is 11.7. The average Bonchev–Trinajstić information content (AvgIpc) is 2.84. The van der Waals surface area contributed by atoms with Gasteiger partial charge in [-0.05, 0) is 24.3 Å². The first-order valence-electron chi connectivity index (χ1n) is 8.32. The van der Waals surface area contributed by atoms with Crippen LogP contribution in [0.25, 0.3) is 0 Å². The first kappa shape index (κ1) is 20.1. The van der Waals surface area contributed by atoms with Crippen molar-refractivity contribution in [3.05, 3.63) is 95.0 Å². The van der Waals surface area contributed by atoms with Gasteiger partial charge in [-0.1, -0.05) is 46.9 Å². The predicted octanol–water partition coefficient (Wildman–Crippen LogP) is 6.69. The van der Waals surface area contributed by atoms with Crippen LogP contribution in [0.5, 0.6) is 0 Å². The quantitative estimate of drug-likeness (QED) is 0.269. The van der Waals surface area contributed by atoms with Crippen molar-refractivity contribution in [2.75, 3.05) is 5.32 Å². The lowest BCUT2D eigenvalue weighted by atomic mass is 9.99. The minimum Gasteiger partial charge on any atom is -0.347 e. The van der Waals surface area contributed by atoms with Crippen molar-refractivity contribution >= 4 is 69.0 Å². The summed E-state index contributed by atoms with van der Waals surface area (Å²) in [6.45, 7) is 0. The number of anilines is 2. The van der Waals surface area contributed by atoms with Crippen LogP contribution in [0.15, 0.2) is 53.5 Å². The maximum atomic E-state index is 11.7. The van der Waals surface area contributed by atoms with Crippen LogP contribution in [0.1, 0.15) is 11.1 Å². The molecule has 3 aromatic carbocycles. The Morgan fingerprint density at radius 1 is 0.867 bits per heavy atom. The van der Waals surface area contributed by atoms with Crippen molar-refractivity contribution < 1.29 is 9.85 Å². The van der Waals surface area contributed by atoms with E-state index in [0.29, 0.717) is 27.0 Å². The smallest absolute Gasteiger partial charge is 0.300 e. The molecule has 1 aliphatic heterocycles. The van der Waals surface area contributed by atoms with E-state index in [1.54, 1.807) is 24.3 Å². The lowest BCUT2D eigenvalue weighted by Gasteiger charge is -2.12. The Kier molecular flexibility index (Phi) is 5.07. The zero-order valence-corrected chi connectivity index (χ0v) is 17.0. The van der Waals surface area contributed by atoms with E-state index in [1.807, 2.05) is 0 Å². The molecule has 150 valence electrons. The van der Waals surface area contributed by atoms with Gasteiger partial charge in [-0.3, -0.25) is 20.2 Å². The molecule has 11 heteroatoms. The zero-order chi connectivity index (χ0) is 21.6. The van der Waals surface area contributed by atoms with E-state index in [2.05, 4.69) is 10.3 Å². The van der Waals surface area contributed by atoms with Crippen molar-refractivity contribution in [2.24, 2.45) is 4.99 Å². The summed E-state index contributed by atoms with van der Waals surface area (Å²) in [7, 11) is 0. The molecule has 8 nitrogen and oxygen atoms in total. The number of halogens is 3. The fourth-order valence-electron chi connectivity index (χ4n) is 3.09. The number of nitrogens with one attached hydrogen (secondary N) is 1. The molecule has 1 heterocycles. The fraction of sp³-hybridized carbons (Fsp3) is 0. The number of hydrogen-bond acceptors (Lipinski definition) is 6. The van der Waals surface area contributed by atoms with Crippen LogP contribution in [-0.2, 0) is 0 Å². The molecule has 0 saturated carbocycles. The Labute approximate surface area is 184 Å². The summed E-state index contributed by atoms with van der Waals surface area (Å²) in [4.78, 5) is 26.3. The Bertz CT molecular complexity index is 1260. The first-order chi connectivity index (χ1) is 14.2. The summed E-state index contributed by atoms with van der Waals surface area (Å²) in [5.74, 6) is 0. The first-order valence-corrected chi connectivity index (χ1v) is 9.46. The number of nitrogens with zero attached hydrogens (tertiary/aromatic N) is 3. The molecule has 0 aliphatic carbocycles. The topological polar surface area (TPSA) is 111 Å². The van der Waals surface area contributed by atoms with Gasteiger partial charge in [-0.2, -0.15) is 0 Å². The summed E-state index contributed by atoms with van der Waals surface area (Å²) in [5, 5.41) is 27.1. The SMILES string of the molecule is O=[N+]([O-])c1cc2c(c([N+](=O)[O-])c1)Nc1cc(Cl)cc(Cl)c1N=C2c1ccc(Cl)cc1. The number of benzene rings is 3. The summed E-state index contributed by atoms with van der Waals surface area (Å²) in [5.41, 5.74) is 0.690. The minimum absolute atomic E-state index is 0.0383. The maximum Gasteiger partial charge on any atom is 0.300 e. The molecule has 0 aromatic heterocycles. The molecule has 0 atom stereocenters. The molecule has 4 rings (SSSR count). The number of nitro benzene ring substituents is 2. The molecule has 0 fully saturated rings. The molecule has 0 bridgehead atoms. The number of nitro groups is 2. The van der Waals surface area contributed by atoms with Crippen LogP contribution >= 0.6 is 34.8 Å². The monoisotopic (exact) mass is 462 g/mol. The molecule has 1 N–H and O–H groups in total. The molecule has 3 aromatic rings. The van der Waals surface area contributed by atoms with Gasteiger partial charge in [0.15, 0.2) is 0 Å². The van der Waals surface area contributed by atoms with Gasteiger partial charge in [0, 0.05) is 27.2 Å². The molecule has 0 unspecified atom stereocenters. The van der Waals surface area contributed by atoms with E-state index in [-0.39, 0.29) is 22.0 Å². The van der Waals surface area contributed by atoms with E-state index in [9.17, 15) is 20.2 Å². The molecule has 0 amide bonds. The van der Waals surface area contributed by atoms with E-state index in [4.69, 9.17) is 34.8 Å². The molecular weight excluding hydrogens is 455 g/mol. The van der Waals surface area contributed by atoms with Crippen LogP contribution in [-0.4, -0.2) is 15.6 Å². The number of rotatable bonds is 3. The van der Waals surface area contributed by atoms with E-state index in [1.165, 1.54) is 18.2 Å².